The Balaban J connectivity index is 0.00000261. The molecule has 2 aliphatic rings. The summed E-state index contributed by atoms with van der Waals surface area (Å²) < 4.78 is 0. The highest BCUT2D eigenvalue weighted by Crippen LogP contribution is 2.26. The quantitative estimate of drug-likeness (QED) is 0.825. The zero-order valence-corrected chi connectivity index (χ0v) is 17.1. The molecule has 1 aliphatic heterocycles. The van der Waals surface area contributed by atoms with Gasteiger partial charge in [-0.05, 0) is 43.2 Å². The molecule has 0 radical (unpaired) electrons. The van der Waals surface area contributed by atoms with Crippen molar-refractivity contribution in [2.24, 2.45) is 11.7 Å². The summed E-state index contributed by atoms with van der Waals surface area (Å²) in [4.78, 5) is 27.8. The number of nitrogens with zero attached hydrogens (tertiary/aromatic N) is 1. The van der Waals surface area contributed by atoms with Gasteiger partial charge >= 0.3 is 0 Å². The van der Waals surface area contributed by atoms with Crippen molar-refractivity contribution >= 4 is 24.2 Å². The third kappa shape index (κ3) is 5.02. The van der Waals surface area contributed by atoms with E-state index >= 15 is 0 Å². The molecule has 27 heavy (non-hydrogen) atoms. The highest BCUT2D eigenvalue weighted by atomic mass is 35.5. The summed E-state index contributed by atoms with van der Waals surface area (Å²) in [6, 6.07) is 8.15. The second-order valence-corrected chi connectivity index (χ2v) is 7.88. The fraction of sp³-hybridized carbons (Fsp3) is 0.619. The van der Waals surface area contributed by atoms with Crippen LogP contribution in [-0.4, -0.2) is 34.8 Å². The number of hydrogen-bond donors (Lipinski definition) is 2. The Labute approximate surface area is 168 Å². The Morgan fingerprint density at radius 1 is 1.19 bits per heavy atom. The number of hydrogen-bond acceptors (Lipinski definition) is 3. The van der Waals surface area contributed by atoms with Crippen molar-refractivity contribution < 1.29 is 9.59 Å². The fourth-order valence-electron chi connectivity index (χ4n) is 4.01. The van der Waals surface area contributed by atoms with Gasteiger partial charge in [0.1, 0.15) is 6.04 Å². The van der Waals surface area contributed by atoms with Gasteiger partial charge in [-0.25, -0.2) is 0 Å². The molecule has 3 N–H and O–H groups in total. The van der Waals surface area contributed by atoms with E-state index in [1.54, 1.807) is 4.90 Å². The molecule has 6 heteroatoms. The van der Waals surface area contributed by atoms with Gasteiger partial charge in [0.15, 0.2) is 0 Å². The van der Waals surface area contributed by atoms with Gasteiger partial charge in [0.05, 0.1) is 0 Å². The van der Waals surface area contributed by atoms with Crippen LogP contribution in [0.3, 0.4) is 0 Å². The number of nitrogens with one attached hydrogen (secondary N) is 1. The molecule has 0 saturated heterocycles. The highest BCUT2D eigenvalue weighted by Gasteiger charge is 2.36. The molecule has 1 saturated carbocycles. The van der Waals surface area contributed by atoms with Gasteiger partial charge in [-0.15, -0.1) is 12.4 Å². The van der Waals surface area contributed by atoms with E-state index in [0.29, 0.717) is 13.0 Å². The van der Waals surface area contributed by atoms with Crippen LogP contribution in [0.15, 0.2) is 24.3 Å². The maximum atomic E-state index is 13.0. The SMILES string of the molecule is CCC(C)C(=O)N1Cc2ccccc2CC1C(=O)NC1CCC(N)CC1.Cl. The molecule has 1 aromatic carbocycles. The molecular formula is C21H32ClN3O2. The number of amides is 2. The van der Waals surface area contributed by atoms with Crippen molar-refractivity contribution in [1.29, 1.82) is 0 Å². The third-order valence-corrected chi connectivity index (χ3v) is 5.99. The summed E-state index contributed by atoms with van der Waals surface area (Å²) in [5.41, 5.74) is 8.29. The lowest BCUT2D eigenvalue weighted by molar-refractivity contribution is -0.145. The smallest absolute Gasteiger partial charge is 0.243 e. The zero-order valence-electron chi connectivity index (χ0n) is 16.3. The van der Waals surface area contributed by atoms with Crippen molar-refractivity contribution in [3.05, 3.63) is 35.4 Å². The van der Waals surface area contributed by atoms with Crippen LogP contribution in [0.25, 0.3) is 0 Å². The van der Waals surface area contributed by atoms with Crippen molar-refractivity contribution in [3.8, 4) is 0 Å². The van der Waals surface area contributed by atoms with E-state index in [0.717, 1.165) is 37.7 Å². The number of halogens is 1. The van der Waals surface area contributed by atoms with Gasteiger partial charge in [-0.1, -0.05) is 38.1 Å². The summed E-state index contributed by atoms with van der Waals surface area (Å²) >= 11 is 0. The van der Waals surface area contributed by atoms with Gasteiger partial charge in [0, 0.05) is 31.0 Å². The van der Waals surface area contributed by atoms with Crippen LogP contribution in [0.5, 0.6) is 0 Å². The molecule has 2 atom stereocenters. The van der Waals surface area contributed by atoms with Crippen LogP contribution in [0, 0.1) is 5.92 Å². The van der Waals surface area contributed by atoms with Crippen molar-refractivity contribution in [3.63, 3.8) is 0 Å². The molecule has 1 fully saturated rings. The number of fused-ring (bicyclic) bond motifs is 1. The van der Waals surface area contributed by atoms with Crippen LogP contribution in [0.2, 0.25) is 0 Å². The molecule has 2 amide bonds. The van der Waals surface area contributed by atoms with E-state index < -0.39 is 6.04 Å². The second-order valence-electron chi connectivity index (χ2n) is 7.88. The monoisotopic (exact) mass is 393 g/mol. The molecule has 0 spiro atoms. The molecule has 1 aliphatic carbocycles. The summed E-state index contributed by atoms with van der Waals surface area (Å²) in [7, 11) is 0. The van der Waals surface area contributed by atoms with Gasteiger partial charge < -0.3 is 16.0 Å². The third-order valence-electron chi connectivity index (χ3n) is 5.99. The van der Waals surface area contributed by atoms with Gasteiger partial charge in [0.2, 0.25) is 11.8 Å². The molecular weight excluding hydrogens is 362 g/mol. The first-order valence-electron chi connectivity index (χ1n) is 9.92. The van der Waals surface area contributed by atoms with E-state index in [2.05, 4.69) is 17.4 Å². The predicted molar refractivity (Wildman–Crippen MR) is 110 cm³/mol. The molecule has 1 heterocycles. The number of rotatable bonds is 4. The predicted octanol–water partition coefficient (Wildman–Crippen LogP) is 2.79. The van der Waals surface area contributed by atoms with Gasteiger partial charge in [-0.2, -0.15) is 0 Å². The maximum Gasteiger partial charge on any atom is 0.243 e. The summed E-state index contributed by atoms with van der Waals surface area (Å²) in [5, 5.41) is 3.19. The number of carbonyl (C=O) groups is 2. The van der Waals surface area contributed by atoms with Crippen LogP contribution < -0.4 is 11.1 Å². The molecule has 1 aromatic rings. The van der Waals surface area contributed by atoms with Crippen molar-refractivity contribution in [2.75, 3.05) is 0 Å². The molecule has 2 unspecified atom stereocenters. The average molecular weight is 394 g/mol. The Kier molecular flexibility index (Phi) is 7.68. The Hall–Kier alpha value is -1.59. The first-order chi connectivity index (χ1) is 12.5. The molecule has 0 aromatic heterocycles. The lowest BCUT2D eigenvalue weighted by atomic mass is 9.89. The lowest BCUT2D eigenvalue weighted by Crippen LogP contribution is -2.55. The summed E-state index contributed by atoms with van der Waals surface area (Å²) in [6.07, 6.45) is 5.13. The van der Waals surface area contributed by atoms with E-state index in [9.17, 15) is 9.59 Å². The van der Waals surface area contributed by atoms with E-state index in [1.165, 1.54) is 5.56 Å². The van der Waals surface area contributed by atoms with Crippen LogP contribution >= 0.6 is 12.4 Å². The van der Waals surface area contributed by atoms with Crippen molar-refractivity contribution in [2.45, 2.75) is 77.0 Å². The Morgan fingerprint density at radius 2 is 1.81 bits per heavy atom. The molecule has 5 nitrogen and oxygen atoms in total. The maximum absolute atomic E-state index is 13.0. The molecule has 0 bridgehead atoms. The molecule has 3 rings (SSSR count). The lowest BCUT2D eigenvalue weighted by Gasteiger charge is -2.38. The summed E-state index contributed by atoms with van der Waals surface area (Å²) in [6.45, 7) is 4.48. The minimum absolute atomic E-state index is 0. The largest absolute Gasteiger partial charge is 0.352 e. The topological polar surface area (TPSA) is 75.4 Å². The number of carbonyl (C=O) groups excluding carboxylic acids is 2. The number of benzene rings is 1. The second kappa shape index (κ2) is 9.56. The van der Waals surface area contributed by atoms with E-state index in [1.807, 2.05) is 26.0 Å². The normalized spacial score (nSPS) is 25.7. The van der Waals surface area contributed by atoms with Crippen LogP contribution in [-0.2, 0) is 22.6 Å². The first kappa shape index (κ1) is 21.7. The van der Waals surface area contributed by atoms with Crippen LogP contribution in [0.4, 0.5) is 0 Å². The summed E-state index contributed by atoms with van der Waals surface area (Å²) in [5.74, 6) is -0.00677. The van der Waals surface area contributed by atoms with Crippen LogP contribution in [0.1, 0.15) is 57.1 Å². The zero-order chi connectivity index (χ0) is 18.7. The first-order valence-corrected chi connectivity index (χ1v) is 9.92. The standard InChI is InChI=1S/C21H31N3O2.ClH/c1-3-14(2)21(26)24-13-16-7-5-4-6-15(16)12-19(24)20(25)23-18-10-8-17(22)9-11-18;/h4-7,14,17-19H,3,8-13,22H2,1-2H3,(H,23,25);1H. The minimum atomic E-state index is -0.415. The Morgan fingerprint density at radius 3 is 2.44 bits per heavy atom. The number of nitrogens with two attached hydrogens (primary N) is 1. The molecule has 150 valence electrons. The minimum Gasteiger partial charge on any atom is -0.352 e. The van der Waals surface area contributed by atoms with Gasteiger partial charge in [-0.3, -0.25) is 9.59 Å². The average Bonchev–Trinajstić information content (AvgIpc) is 2.67. The van der Waals surface area contributed by atoms with E-state index in [-0.39, 0.29) is 42.2 Å². The fourth-order valence-corrected chi connectivity index (χ4v) is 4.01. The highest BCUT2D eigenvalue weighted by molar-refractivity contribution is 5.89. The van der Waals surface area contributed by atoms with Gasteiger partial charge in [0.25, 0.3) is 0 Å². The Bertz CT molecular complexity index is 659. The van der Waals surface area contributed by atoms with Crippen molar-refractivity contribution in [1.82, 2.24) is 10.2 Å². The van der Waals surface area contributed by atoms with E-state index in [4.69, 9.17) is 5.73 Å².